The molecular formula is C12H18N2O3. The second-order valence-electron chi connectivity index (χ2n) is 3.65. The van der Waals surface area contributed by atoms with Crippen molar-refractivity contribution in [3.8, 4) is 11.5 Å². The fourth-order valence-corrected chi connectivity index (χ4v) is 1.43. The van der Waals surface area contributed by atoms with Crippen LogP contribution in [0.2, 0.25) is 0 Å². The van der Waals surface area contributed by atoms with Crippen molar-refractivity contribution >= 4 is 5.91 Å². The molecule has 1 amide bonds. The minimum absolute atomic E-state index is 0.0848. The maximum absolute atomic E-state index is 12.0. The van der Waals surface area contributed by atoms with Crippen LogP contribution in [0.25, 0.3) is 0 Å². The van der Waals surface area contributed by atoms with Crippen LogP contribution in [0.1, 0.15) is 17.3 Å². The SMILES string of the molecule is COc1cccc(C(=O)N[C@H](C)CN)c1OC. The minimum Gasteiger partial charge on any atom is -0.493 e. The second kappa shape index (κ2) is 6.10. The highest BCUT2D eigenvalue weighted by Gasteiger charge is 2.17. The van der Waals surface area contributed by atoms with Gasteiger partial charge in [0.2, 0.25) is 0 Å². The molecule has 0 aromatic heterocycles. The van der Waals surface area contributed by atoms with Crippen molar-refractivity contribution in [2.45, 2.75) is 13.0 Å². The summed E-state index contributed by atoms with van der Waals surface area (Å²) >= 11 is 0. The lowest BCUT2D eigenvalue weighted by Crippen LogP contribution is -2.37. The number of hydrogen-bond acceptors (Lipinski definition) is 4. The number of carbonyl (C=O) groups excluding carboxylic acids is 1. The fourth-order valence-electron chi connectivity index (χ4n) is 1.43. The van der Waals surface area contributed by atoms with Crippen LogP contribution < -0.4 is 20.5 Å². The number of nitrogens with one attached hydrogen (secondary N) is 1. The van der Waals surface area contributed by atoms with Crippen molar-refractivity contribution in [2.75, 3.05) is 20.8 Å². The normalized spacial score (nSPS) is 11.8. The van der Waals surface area contributed by atoms with Crippen molar-refractivity contribution in [1.82, 2.24) is 5.32 Å². The number of rotatable bonds is 5. The Hall–Kier alpha value is -1.75. The molecule has 5 heteroatoms. The lowest BCUT2D eigenvalue weighted by Gasteiger charge is -2.15. The molecule has 0 saturated heterocycles. The summed E-state index contributed by atoms with van der Waals surface area (Å²) in [6, 6.07) is 5.07. The molecule has 0 bridgehead atoms. The van der Waals surface area contributed by atoms with Crippen LogP contribution in [-0.2, 0) is 0 Å². The Kier molecular flexibility index (Phi) is 4.78. The van der Waals surface area contributed by atoms with E-state index >= 15 is 0 Å². The van der Waals surface area contributed by atoms with E-state index in [4.69, 9.17) is 15.2 Å². The summed E-state index contributed by atoms with van der Waals surface area (Å²) in [6.07, 6.45) is 0. The van der Waals surface area contributed by atoms with Gasteiger partial charge in [0.05, 0.1) is 19.8 Å². The molecule has 0 radical (unpaired) electrons. The van der Waals surface area contributed by atoms with E-state index in [1.54, 1.807) is 18.2 Å². The molecule has 1 aromatic rings. The summed E-state index contributed by atoms with van der Waals surface area (Å²) in [5, 5.41) is 2.77. The lowest BCUT2D eigenvalue weighted by molar-refractivity contribution is 0.0937. The Morgan fingerprint density at radius 2 is 2.12 bits per heavy atom. The highest BCUT2D eigenvalue weighted by atomic mass is 16.5. The summed E-state index contributed by atoms with van der Waals surface area (Å²) in [4.78, 5) is 12.0. The van der Waals surface area contributed by atoms with Gasteiger partial charge in [0.15, 0.2) is 11.5 Å². The standard InChI is InChI=1S/C12H18N2O3/c1-8(7-13)14-12(15)9-5-4-6-10(16-2)11(9)17-3/h4-6,8H,7,13H2,1-3H3,(H,14,15)/t8-/m1/s1. The van der Waals surface area contributed by atoms with Crippen molar-refractivity contribution in [3.63, 3.8) is 0 Å². The summed E-state index contributed by atoms with van der Waals surface area (Å²) in [5.41, 5.74) is 5.89. The Bertz CT molecular complexity index is 393. The van der Waals surface area contributed by atoms with Crippen LogP contribution in [0.3, 0.4) is 0 Å². The smallest absolute Gasteiger partial charge is 0.255 e. The van der Waals surface area contributed by atoms with E-state index in [1.165, 1.54) is 14.2 Å². The van der Waals surface area contributed by atoms with Crippen LogP contribution >= 0.6 is 0 Å². The van der Waals surface area contributed by atoms with E-state index in [1.807, 2.05) is 6.92 Å². The molecule has 0 aliphatic heterocycles. The number of carbonyl (C=O) groups is 1. The topological polar surface area (TPSA) is 73.6 Å². The van der Waals surface area contributed by atoms with Crippen molar-refractivity contribution < 1.29 is 14.3 Å². The van der Waals surface area contributed by atoms with Gasteiger partial charge in [-0.2, -0.15) is 0 Å². The second-order valence-corrected chi connectivity index (χ2v) is 3.65. The Balaban J connectivity index is 3.00. The van der Waals surface area contributed by atoms with Gasteiger partial charge in [-0.05, 0) is 19.1 Å². The molecule has 3 N–H and O–H groups in total. The minimum atomic E-state index is -0.223. The molecule has 0 unspecified atom stereocenters. The zero-order valence-electron chi connectivity index (χ0n) is 10.3. The molecule has 0 aliphatic carbocycles. The molecule has 0 fully saturated rings. The van der Waals surface area contributed by atoms with Gasteiger partial charge in [-0.1, -0.05) is 6.07 Å². The molecule has 0 heterocycles. The third-order valence-corrected chi connectivity index (χ3v) is 2.38. The average molecular weight is 238 g/mol. The summed E-state index contributed by atoms with van der Waals surface area (Å²) in [6.45, 7) is 2.22. The van der Waals surface area contributed by atoms with Gasteiger partial charge >= 0.3 is 0 Å². The number of benzene rings is 1. The molecule has 0 spiro atoms. The van der Waals surface area contributed by atoms with Gasteiger partial charge < -0.3 is 20.5 Å². The Morgan fingerprint density at radius 1 is 1.41 bits per heavy atom. The van der Waals surface area contributed by atoms with E-state index in [-0.39, 0.29) is 11.9 Å². The number of methoxy groups -OCH3 is 2. The third kappa shape index (κ3) is 3.10. The lowest BCUT2D eigenvalue weighted by atomic mass is 10.1. The number of nitrogens with two attached hydrogens (primary N) is 1. The number of hydrogen-bond donors (Lipinski definition) is 2. The third-order valence-electron chi connectivity index (χ3n) is 2.38. The van der Waals surface area contributed by atoms with Crippen molar-refractivity contribution in [3.05, 3.63) is 23.8 Å². The molecule has 17 heavy (non-hydrogen) atoms. The van der Waals surface area contributed by atoms with E-state index < -0.39 is 0 Å². The molecule has 94 valence electrons. The summed E-state index contributed by atoms with van der Waals surface area (Å²) in [7, 11) is 3.03. The fraction of sp³-hybridized carbons (Fsp3) is 0.417. The summed E-state index contributed by atoms with van der Waals surface area (Å²) < 4.78 is 10.3. The Labute approximate surface area is 101 Å². The number of amides is 1. The first-order valence-electron chi connectivity index (χ1n) is 5.36. The first-order valence-corrected chi connectivity index (χ1v) is 5.36. The van der Waals surface area contributed by atoms with E-state index in [2.05, 4.69) is 5.32 Å². The Morgan fingerprint density at radius 3 is 2.65 bits per heavy atom. The van der Waals surface area contributed by atoms with Gasteiger partial charge in [0, 0.05) is 12.6 Å². The van der Waals surface area contributed by atoms with Gasteiger partial charge in [-0.3, -0.25) is 4.79 Å². The maximum Gasteiger partial charge on any atom is 0.255 e. The molecule has 5 nitrogen and oxygen atoms in total. The largest absolute Gasteiger partial charge is 0.493 e. The van der Waals surface area contributed by atoms with Crippen LogP contribution in [0.4, 0.5) is 0 Å². The van der Waals surface area contributed by atoms with E-state index in [0.29, 0.717) is 23.6 Å². The molecular weight excluding hydrogens is 220 g/mol. The highest BCUT2D eigenvalue weighted by Crippen LogP contribution is 2.30. The van der Waals surface area contributed by atoms with Gasteiger partial charge in [0.1, 0.15) is 0 Å². The first-order chi connectivity index (χ1) is 8.13. The molecule has 1 atom stereocenters. The van der Waals surface area contributed by atoms with Crippen molar-refractivity contribution in [2.24, 2.45) is 5.73 Å². The zero-order valence-corrected chi connectivity index (χ0v) is 10.3. The van der Waals surface area contributed by atoms with E-state index in [0.717, 1.165) is 0 Å². The molecule has 0 saturated carbocycles. The maximum atomic E-state index is 12.0. The van der Waals surface area contributed by atoms with E-state index in [9.17, 15) is 4.79 Å². The van der Waals surface area contributed by atoms with Crippen molar-refractivity contribution in [1.29, 1.82) is 0 Å². The van der Waals surface area contributed by atoms with Gasteiger partial charge in [-0.25, -0.2) is 0 Å². The molecule has 0 aliphatic rings. The van der Waals surface area contributed by atoms with Crippen LogP contribution in [-0.4, -0.2) is 32.7 Å². The average Bonchev–Trinajstić information content (AvgIpc) is 2.37. The molecule has 1 aromatic carbocycles. The monoisotopic (exact) mass is 238 g/mol. The quantitative estimate of drug-likeness (QED) is 0.795. The van der Waals surface area contributed by atoms with Gasteiger partial charge in [0.25, 0.3) is 5.91 Å². The predicted molar refractivity (Wildman–Crippen MR) is 65.5 cm³/mol. The number of para-hydroxylation sites is 1. The van der Waals surface area contributed by atoms with Gasteiger partial charge in [-0.15, -0.1) is 0 Å². The zero-order chi connectivity index (χ0) is 12.8. The summed E-state index contributed by atoms with van der Waals surface area (Å²) in [5.74, 6) is 0.732. The van der Waals surface area contributed by atoms with Crippen LogP contribution in [0.5, 0.6) is 11.5 Å². The highest BCUT2D eigenvalue weighted by molar-refractivity contribution is 5.98. The van der Waals surface area contributed by atoms with Crippen LogP contribution in [0, 0.1) is 0 Å². The first kappa shape index (κ1) is 13.3. The predicted octanol–water partition coefficient (Wildman–Crippen LogP) is 0.781. The molecule has 1 rings (SSSR count). The van der Waals surface area contributed by atoms with Crippen LogP contribution in [0.15, 0.2) is 18.2 Å². The number of ether oxygens (including phenoxy) is 2.